The van der Waals surface area contributed by atoms with Crippen molar-refractivity contribution in [1.29, 1.82) is 0 Å². The van der Waals surface area contributed by atoms with Crippen LogP contribution in [0.3, 0.4) is 0 Å². The summed E-state index contributed by atoms with van der Waals surface area (Å²) >= 11 is 8.44. The first-order chi connectivity index (χ1) is 14.9. The summed E-state index contributed by atoms with van der Waals surface area (Å²) in [5.41, 5.74) is 2.31. The van der Waals surface area contributed by atoms with Crippen LogP contribution in [0.15, 0.2) is 39.5 Å². The van der Waals surface area contributed by atoms with Gasteiger partial charge in [-0.1, -0.05) is 48.4 Å². The van der Waals surface area contributed by atoms with Gasteiger partial charge in [-0.05, 0) is 49.9 Å². The summed E-state index contributed by atoms with van der Waals surface area (Å²) < 4.78 is 31.4. The number of hydrogen-bond acceptors (Lipinski definition) is 5. The van der Waals surface area contributed by atoms with Gasteiger partial charge in [-0.3, -0.25) is 4.79 Å². The van der Waals surface area contributed by atoms with E-state index in [4.69, 9.17) is 11.6 Å². The second-order valence-electron chi connectivity index (χ2n) is 7.38. The van der Waals surface area contributed by atoms with Crippen molar-refractivity contribution in [3.8, 4) is 0 Å². The number of thiophene rings is 1. The number of halogens is 1. The lowest BCUT2D eigenvalue weighted by Gasteiger charge is -2.31. The van der Waals surface area contributed by atoms with Gasteiger partial charge in [0.05, 0.1) is 14.6 Å². The highest BCUT2D eigenvalue weighted by atomic mass is 35.5. The summed E-state index contributed by atoms with van der Waals surface area (Å²) in [6.45, 7) is 5.13. The van der Waals surface area contributed by atoms with Gasteiger partial charge in [0, 0.05) is 13.1 Å². The number of aromatic nitrogens is 1. The number of piperidine rings is 1. The summed E-state index contributed by atoms with van der Waals surface area (Å²) in [6, 6.07) is 8.42. The smallest absolute Gasteiger partial charge is 0.266 e. The summed E-state index contributed by atoms with van der Waals surface area (Å²) in [5, 5.41) is 0. The number of nitrogens with zero attached hydrogens (tertiary/aromatic N) is 3. The lowest BCUT2D eigenvalue weighted by molar-refractivity contribution is -0.122. The molecule has 1 amide bonds. The van der Waals surface area contributed by atoms with Crippen LogP contribution in [0, 0.1) is 0 Å². The first kappa shape index (κ1) is 22.7. The maximum absolute atomic E-state index is 13.3. The SMILES string of the molecule is CCc1cccc2sc(=NC(=O)C3CCCCN3S(=O)(=O)c3ccc(Cl)s3)n(CC)c12. The molecule has 4 rings (SSSR count). The van der Waals surface area contributed by atoms with E-state index in [9.17, 15) is 13.2 Å². The van der Waals surface area contributed by atoms with E-state index in [1.54, 1.807) is 6.07 Å². The summed E-state index contributed by atoms with van der Waals surface area (Å²) in [4.78, 5) is 18.3. The van der Waals surface area contributed by atoms with Crippen molar-refractivity contribution in [2.75, 3.05) is 6.54 Å². The minimum absolute atomic E-state index is 0.162. The molecule has 1 saturated heterocycles. The minimum Gasteiger partial charge on any atom is -0.316 e. The standard InChI is InChI=1S/C21H24ClN3O3S3/c1-3-14-8-7-10-16-19(14)24(4-2)21(29-16)23-20(26)15-9-5-6-13-25(15)31(27,28)18-12-11-17(22)30-18/h7-8,10-12,15H,3-6,9,13H2,1-2H3. The quantitative estimate of drug-likeness (QED) is 0.514. The Morgan fingerprint density at radius 2 is 2.00 bits per heavy atom. The number of carbonyl (C=O) groups excluding carboxylic acids is 1. The van der Waals surface area contributed by atoms with Crippen LogP contribution < -0.4 is 4.80 Å². The lowest BCUT2D eigenvalue weighted by Crippen LogP contribution is -2.47. The minimum atomic E-state index is -3.80. The van der Waals surface area contributed by atoms with Gasteiger partial charge in [-0.2, -0.15) is 9.30 Å². The van der Waals surface area contributed by atoms with Crippen molar-refractivity contribution in [3.05, 3.63) is 45.0 Å². The van der Waals surface area contributed by atoms with Gasteiger partial charge in [0.2, 0.25) is 0 Å². The maximum Gasteiger partial charge on any atom is 0.266 e. The highest BCUT2D eigenvalue weighted by molar-refractivity contribution is 7.91. The van der Waals surface area contributed by atoms with Crippen LogP contribution >= 0.6 is 34.3 Å². The summed E-state index contributed by atoms with van der Waals surface area (Å²) in [6.07, 6.45) is 2.88. The van der Waals surface area contributed by atoms with Crippen LogP contribution in [0.25, 0.3) is 10.2 Å². The molecule has 1 aromatic carbocycles. The number of carbonyl (C=O) groups is 1. The number of thiazole rings is 1. The highest BCUT2D eigenvalue weighted by Gasteiger charge is 2.38. The second-order valence-corrected chi connectivity index (χ2v) is 12.2. The zero-order valence-corrected chi connectivity index (χ0v) is 20.6. The lowest BCUT2D eigenvalue weighted by atomic mass is 10.0. The Labute approximate surface area is 194 Å². The molecule has 1 fully saturated rings. The van der Waals surface area contributed by atoms with Crippen molar-refractivity contribution in [2.45, 2.75) is 56.3 Å². The number of benzene rings is 1. The summed E-state index contributed by atoms with van der Waals surface area (Å²) in [7, 11) is -3.80. The molecule has 3 heterocycles. The number of amides is 1. The van der Waals surface area contributed by atoms with Gasteiger partial charge in [0.1, 0.15) is 10.3 Å². The third-order valence-electron chi connectivity index (χ3n) is 5.54. The average Bonchev–Trinajstić information content (AvgIpc) is 3.36. The van der Waals surface area contributed by atoms with Crippen molar-refractivity contribution in [3.63, 3.8) is 0 Å². The van der Waals surface area contributed by atoms with Crippen LogP contribution in [0.1, 0.15) is 38.7 Å². The molecule has 3 aromatic rings. The normalized spacial score (nSPS) is 18.7. The molecule has 31 heavy (non-hydrogen) atoms. The van der Waals surface area contributed by atoms with E-state index >= 15 is 0 Å². The van der Waals surface area contributed by atoms with Crippen molar-refractivity contribution in [1.82, 2.24) is 8.87 Å². The van der Waals surface area contributed by atoms with Crippen LogP contribution in [-0.2, 0) is 27.8 Å². The van der Waals surface area contributed by atoms with Gasteiger partial charge in [0.15, 0.2) is 4.80 Å². The molecule has 1 aliphatic heterocycles. The molecule has 1 atom stereocenters. The molecule has 0 radical (unpaired) electrons. The first-order valence-corrected chi connectivity index (χ1v) is 13.8. The molecule has 10 heteroatoms. The average molecular weight is 498 g/mol. The number of sulfonamides is 1. The summed E-state index contributed by atoms with van der Waals surface area (Å²) in [5.74, 6) is -0.405. The Hall–Kier alpha value is -1.52. The Balaban J connectivity index is 1.75. The molecule has 0 saturated carbocycles. The van der Waals surface area contributed by atoms with Crippen LogP contribution in [-0.4, -0.2) is 35.8 Å². The van der Waals surface area contributed by atoms with E-state index in [1.165, 1.54) is 27.3 Å². The third kappa shape index (κ3) is 4.26. The fourth-order valence-electron chi connectivity index (χ4n) is 4.03. The Morgan fingerprint density at radius 1 is 1.19 bits per heavy atom. The van der Waals surface area contributed by atoms with Gasteiger partial charge < -0.3 is 4.57 Å². The molecular formula is C21H24ClN3O3S3. The molecule has 6 nitrogen and oxygen atoms in total. The van der Waals surface area contributed by atoms with Gasteiger partial charge in [-0.15, -0.1) is 11.3 Å². The van der Waals surface area contributed by atoms with Crippen LogP contribution in [0.4, 0.5) is 0 Å². The highest BCUT2D eigenvalue weighted by Crippen LogP contribution is 2.32. The van der Waals surface area contributed by atoms with E-state index in [0.717, 1.165) is 40.8 Å². The zero-order valence-electron chi connectivity index (χ0n) is 17.4. The first-order valence-electron chi connectivity index (χ1n) is 10.3. The van der Waals surface area contributed by atoms with E-state index in [0.29, 0.717) is 28.6 Å². The van der Waals surface area contributed by atoms with E-state index in [2.05, 4.69) is 22.5 Å². The second kappa shape index (κ2) is 9.15. The van der Waals surface area contributed by atoms with Gasteiger partial charge in [-0.25, -0.2) is 8.42 Å². The molecule has 0 spiro atoms. The maximum atomic E-state index is 13.3. The predicted octanol–water partition coefficient (Wildman–Crippen LogP) is 4.67. The Bertz CT molecular complexity index is 1290. The van der Waals surface area contributed by atoms with E-state index < -0.39 is 22.0 Å². The van der Waals surface area contributed by atoms with Gasteiger partial charge >= 0.3 is 0 Å². The number of fused-ring (bicyclic) bond motifs is 1. The van der Waals surface area contributed by atoms with Crippen molar-refractivity contribution < 1.29 is 13.2 Å². The number of aryl methyl sites for hydroxylation is 2. The number of para-hydroxylation sites is 1. The van der Waals surface area contributed by atoms with Crippen molar-refractivity contribution in [2.24, 2.45) is 4.99 Å². The number of hydrogen-bond donors (Lipinski definition) is 0. The monoisotopic (exact) mass is 497 g/mol. The Morgan fingerprint density at radius 3 is 2.68 bits per heavy atom. The molecule has 2 aromatic heterocycles. The molecule has 0 bridgehead atoms. The Kier molecular flexibility index (Phi) is 6.69. The van der Waals surface area contributed by atoms with Gasteiger partial charge in [0.25, 0.3) is 15.9 Å². The largest absolute Gasteiger partial charge is 0.316 e. The molecular weight excluding hydrogens is 474 g/mol. The fraction of sp³-hybridized carbons (Fsp3) is 0.429. The topological polar surface area (TPSA) is 71.7 Å². The number of rotatable bonds is 5. The third-order valence-corrected chi connectivity index (χ3v) is 10.2. The van der Waals surface area contributed by atoms with E-state index in [-0.39, 0.29) is 4.21 Å². The molecule has 1 unspecified atom stereocenters. The zero-order chi connectivity index (χ0) is 22.2. The van der Waals surface area contributed by atoms with E-state index in [1.807, 2.05) is 19.1 Å². The van der Waals surface area contributed by atoms with Crippen LogP contribution in [0.2, 0.25) is 4.34 Å². The molecule has 0 N–H and O–H groups in total. The van der Waals surface area contributed by atoms with Crippen LogP contribution in [0.5, 0.6) is 0 Å². The molecule has 0 aliphatic carbocycles. The van der Waals surface area contributed by atoms with Crippen molar-refractivity contribution >= 4 is 60.4 Å². The molecule has 166 valence electrons. The predicted molar refractivity (Wildman–Crippen MR) is 126 cm³/mol. The molecule has 1 aliphatic rings. The fourth-order valence-corrected chi connectivity index (χ4v) is 8.44.